The van der Waals surface area contributed by atoms with E-state index in [0.29, 0.717) is 0 Å². The summed E-state index contributed by atoms with van der Waals surface area (Å²) in [7, 11) is 0. The van der Waals surface area contributed by atoms with Gasteiger partial charge in [-0.25, -0.2) is 0 Å². The molecule has 0 amide bonds. The molecule has 0 spiro atoms. The molecule has 0 saturated carbocycles. The van der Waals surface area contributed by atoms with Crippen LogP contribution in [0, 0.1) is 36.9 Å². The molecule has 0 aliphatic heterocycles. The second-order valence-corrected chi connectivity index (χ2v) is 0. The van der Waals surface area contributed by atoms with Gasteiger partial charge >= 0.3 is 57.5 Å². The smallest absolute Gasteiger partial charge is 0 e. The van der Waals surface area contributed by atoms with E-state index in [0.717, 1.165) is 0 Å². The Kier molecular flexibility index (Phi) is 107. The van der Waals surface area contributed by atoms with Gasteiger partial charge in [-0.05, 0) is 11.0 Å². The molecule has 0 aromatic heterocycles. The van der Waals surface area contributed by atoms with Crippen LogP contribution in [0.2, 0.25) is 0 Å². The van der Waals surface area contributed by atoms with Crippen LogP contribution < -0.4 is 0 Å². The summed E-state index contributed by atoms with van der Waals surface area (Å²) in [5.74, 6) is 0. The molecule has 1 radical (unpaired) electrons. The minimum Gasteiger partial charge on any atom is -0.0149 e. The van der Waals surface area contributed by atoms with Crippen molar-refractivity contribution < 1.29 is 36.9 Å². The van der Waals surface area contributed by atoms with E-state index >= 15 is 0 Å². The molecule has 0 rings (SSSR count). The monoisotopic (exact) mass is 321 g/mol. The van der Waals surface area contributed by atoms with Crippen LogP contribution in [0.25, 0.3) is 0 Å². The quantitative estimate of drug-likeness (QED) is 0.405. The van der Waals surface area contributed by atoms with Crippen LogP contribution >= 0.6 is 0 Å². The summed E-state index contributed by atoms with van der Waals surface area (Å²) in [5.41, 5.74) is 0. The van der Waals surface area contributed by atoms with Crippen LogP contribution in [-0.2, 0) is 0 Å². The SMILES string of the molecule is [CaH2].[GaH3].[Lu].[SiH4]. The Morgan fingerprint density at radius 1 is 1.00 bits per heavy atom. The zero-order valence-corrected chi connectivity index (χ0v) is 1.91. The van der Waals surface area contributed by atoms with Crippen molar-refractivity contribution in [1.82, 2.24) is 0 Å². The summed E-state index contributed by atoms with van der Waals surface area (Å²) in [4.78, 5) is 0. The summed E-state index contributed by atoms with van der Waals surface area (Å²) >= 11 is 0. The summed E-state index contributed by atoms with van der Waals surface area (Å²) in [5, 5.41) is 0. The van der Waals surface area contributed by atoms with E-state index in [2.05, 4.69) is 0 Å². The Labute approximate surface area is 103 Å². The Hall–Kier alpha value is 3.35. The van der Waals surface area contributed by atoms with Gasteiger partial charge < -0.3 is 0 Å². The molecule has 0 atom stereocenters. The minimum absolute atomic E-state index is 0. The molecule has 0 bridgehead atoms. The Morgan fingerprint density at radius 3 is 1.00 bits per heavy atom. The molecular formula is H9CaGaLuSi. The van der Waals surface area contributed by atoms with Crippen LogP contribution in [0.1, 0.15) is 0 Å². The molecular weight excluding hydrogens is 313 g/mol. The van der Waals surface area contributed by atoms with Crippen LogP contribution in [0.15, 0.2) is 0 Å². The zero-order valence-electron chi connectivity index (χ0n) is 0.258. The third kappa shape index (κ3) is 9.02. The van der Waals surface area contributed by atoms with E-state index in [4.69, 9.17) is 0 Å². The second-order valence-electron chi connectivity index (χ2n) is 0. The van der Waals surface area contributed by atoms with Gasteiger partial charge in [0.25, 0.3) is 0 Å². The number of hydrogen-bond acceptors (Lipinski definition) is 0. The van der Waals surface area contributed by atoms with Crippen LogP contribution in [0.3, 0.4) is 0 Å². The minimum atomic E-state index is 0. The van der Waals surface area contributed by atoms with E-state index in [-0.39, 0.29) is 105 Å². The molecule has 4 heavy (non-hydrogen) atoms. The van der Waals surface area contributed by atoms with Crippen LogP contribution in [0.4, 0.5) is 0 Å². The van der Waals surface area contributed by atoms with Gasteiger partial charge in [-0.3, -0.25) is 0 Å². The van der Waals surface area contributed by atoms with Crippen molar-refractivity contribution >= 4 is 68.5 Å². The first-order valence-corrected chi connectivity index (χ1v) is 0. The molecule has 4 heteroatoms. The molecule has 0 aliphatic rings. The predicted octanol–water partition coefficient (Wildman–Crippen LogP) is -3.55. The van der Waals surface area contributed by atoms with Crippen molar-refractivity contribution in [2.24, 2.45) is 0 Å². The molecule has 0 aromatic rings. The molecule has 0 aliphatic carbocycles. The Morgan fingerprint density at radius 2 is 1.00 bits per heavy atom. The fraction of sp³-hybridized carbons (Fsp3) is 0. The van der Waals surface area contributed by atoms with E-state index < -0.39 is 0 Å². The first-order valence-electron chi connectivity index (χ1n) is 0. The van der Waals surface area contributed by atoms with Gasteiger partial charge in [-0.1, -0.05) is 0 Å². The van der Waals surface area contributed by atoms with Crippen molar-refractivity contribution in [2.75, 3.05) is 0 Å². The molecule has 0 unspecified atom stereocenters. The summed E-state index contributed by atoms with van der Waals surface area (Å²) in [6.45, 7) is 0. The van der Waals surface area contributed by atoms with Crippen molar-refractivity contribution in [2.45, 2.75) is 0 Å². The number of hydrogen-bond donors (Lipinski definition) is 0. The van der Waals surface area contributed by atoms with E-state index in [1.165, 1.54) is 0 Å². The van der Waals surface area contributed by atoms with Gasteiger partial charge in [0.2, 0.25) is 0 Å². The van der Waals surface area contributed by atoms with Gasteiger partial charge in [0.1, 0.15) is 0 Å². The first kappa shape index (κ1) is 26.4. The normalized spacial score (nSPS) is 0. The fourth-order valence-corrected chi connectivity index (χ4v) is 0. The van der Waals surface area contributed by atoms with E-state index in [1.54, 1.807) is 0 Å². The van der Waals surface area contributed by atoms with E-state index in [1.807, 2.05) is 0 Å². The third-order valence-corrected chi connectivity index (χ3v) is 0. The van der Waals surface area contributed by atoms with Gasteiger partial charge in [-0.15, -0.1) is 0 Å². The van der Waals surface area contributed by atoms with Crippen molar-refractivity contribution in [1.29, 1.82) is 0 Å². The molecule has 0 saturated heterocycles. The maximum absolute atomic E-state index is 0. The third-order valence-electron chi connectivity index (χ3n) is 0. The molecule has 0 heterocycles. The molecule has 33 valence electrons. The standard InChI is InChI=1S/Ca.Ga.Lu.H4Si.5H/h;;;1H4;;;;;. The average molecular weight is 322 g/mol. The largest absolute Gasteiger partial charge is 0.0149 e. The van der Waals surface area contributed by atoms with Crippen molar-refractivity contribution in [3.8, 4) is 0 Å². The van der Waals surface area contributed by atoms with Crippen LogP contribution in [-0.4, -0.2) is 68.5 Å². The van der Waals surface area contributed by atoms with Crippen molar-refractivity contribution in [3.63, 3.8) is 0 Å². The van der Waals surface area contributed by atoms with Gasteiger partial charge in [-0.2, -0.15) is 0 Å². The second kappa shape index (κ2) is 16.2. The average Bonchev–Trinajstić information content (AvgIpc) is 0. The van der Waals surface area contributed by atoms with Gasteiger partial charge in [0.05, 0.1) is 0 Å². The fourth-order valence-electron chi connectivity index (χ4n) is 0. The van der Waals surface area contributed by atoms with E-state index in [9.17, 15) is 0 Å². The van der Waals surface area contributed by atoms with Gasteiger partial charge in [0, 0.05) is 36.9 Å². The summed E-state index contributed by atoms with van der Waals surface area (Å²) in [6, 6.07) is 0. The van der Waals surface area contributed by atoms with Crippen molar-refractivity contribution in [3.05, 3.63) is 0 Å². The molecule has 0 nitrogen and oxygen atoms in total. The summed E-state index contributed by atoms with van der Waals surface area (Å²) in [6.07, 6.45) is 0. The Bertz CT molecular complexity index is 8.00. The Balaban J connectivity index is 0. The molecule has 0 aromatic carbocycles. The maximum Gasteiger partial charge on any atom is 0 e. The maximum atomic E-state index is 0. The molecule has 0 fully saturated rings. The zero-order chi connectivity index (χ0) is 0. The topological polar surface area (TPSA) is 0 Å². The first-order chi connectivity index (χ1) is 0. The predicted molar refractivity (Wildman–Crippen MR) is 29.8 cm³/mol. The van der Waals surface area contributed by atoms with Gasteiger partial charge in [0.15, 0.2) is 0 Å². The van der Waals surface area contributed by atoms with Crippen LogP contribution in [0.5, 0.6) is 0 Å². The summed E-state index contributed by atoms with van der Waals surface area (Å²) < 4.78 is 0. The number of rotatable bonds is 0. The molecule has 0 N–H and O–H groups in total.